The van der Waals surface area contributed by atoms with E-state index in [1.807, 2.05) is 31.2 Å². The molecule has 2 aliphatic rings. The highest BCUT2D eigenvalue weighted by Gasteiger charge is 2.67. The second-order valence-corrected chi connectivity index (χ2v) is 12.9. The Kier molecular flexibility index (Phi) is 7.53. The zero-order valence-electron chi connectivity index (χ0n) is 25.1. The molecule has 4 aromatic rings. The molecule has 6 rings (SSSR count). The lowest BCUT2D eigenvalue weighted by Gasteiger charge is -2.28. The second kappa shape index (κ2) is 11.1. The number of hydrazine groups is 2. The number of pyridine rings is 1. The molecule has 10 nitrogen and oxygen atoms in total. The van der Waals surface area contributed by atoms with Crippen LogP contribution in [0.4, 0.5) is 24.5 Å². The van der Waals surface area contributed by atoms with Gasteiger partial charge >= 0.3 is 6.18 Å². The Morgan fingerprint density at radius 2 is 1.89 bits per heavy atom. The third kappa shape index (κ3) is 5.71. The van der Waals surface area contributed by atoms with Crippen LogP contribution in [0.2, 0.25) is 5.02 Å². The van der Waals surface area contributed by atoms with Crippen molar-refractivity contribution in [2.24, 2.45) is 5.41 Å². The van der Waals surface area contributed by atoms with E-state index in [1.165, 1.54) is 17.2 Å². The average molecular weight is 637 g/mol. The topological polar surface area (TPSA) is 119 Å². The highest BCUT2D eigenvalue weighted by Crippen LogP contribution is 2.54. The highest BCUT2D eigenvalue weighted by molar-refractivity contribution is 6.35. The summed E-state index contributed by atoms with van der Waals surface area (Å²) in [4.78, 5) is 5.94. The molecule has 234 valence electrons. The van der Waals surface area contributed by atoms with Crippen LogP contribution in [0.1, 0.15) is 56.3 Å². The minimum absolute atomic E-state index is 0.00854. The quantitative estimate of drug-likeness (QED) is 0.171. The van der Waals surface area contributed by atoms with Gasteiger partial charge in [-0.05, 0) is 54.5 Å². The van der Waals surface area contributed by atoms with Crippen LogP contribution in [0.3, 0.4) is 0 Å². The number of nitrogens with zero attached hydrogens (tertiary/aromatic N) is 6. The number of nitrogens with one attached hydrogen (secondary N) is 4. The molecule has 1 atom stereocenters. The molecule has 0 saturated heterocycles. The fourth-order valence-electron chi connectivity index (χ4n) is 5.46. The van der Waals surface area contributed by atoms with E-state index < -0.39 is 17.8 Å². The van der Waals surface area contributed by atoms with Gasteiger partial charge in [0.15, 0.2) is 5.54 Å². The Balaban J connectivity index is 1.46. The van der Waals surface area contributed by atoms with E-state index in [9.17, 15) is 18.4 Å². The maximum atomic E-state index is 14.0. The molecule has 2 aromatic heterocycles. The smallest absolute Gasteiger partial charge is 0.383 e. The van der Waals surface area contributed by atoms with E-state index in [-0.39, 0.29) is 18.3 Å². The number of halogens is 4. The first kappa shape index (κ1) is 30.5. The van der Waals surface area contributed by atoms with Crippen molar-refractivity contribution in [3.05, 3.63) is 82.5 Å². The molecule has 0 bridgehead atoms. The minimum Gasteiger partial charge on any atom is -0.383 e. The number of alkyl halides is 3. The summed E-state index contributed by atoms with van der Waals surface area (Å²) in [5.41, 5.74) is 8.50. The van der Waals surface area contributed by atoms with Gasteiger partial charge in [0.25, 0.3) is 0 Å². The second-order valence-electron chi connectivity index (χ2n) is 12.5. The molecule has 1 fully saturated rings. The van der Waals surface area contributed by atoms with Crippen molar-refractivity contribution in [3.63, 3.8) is 0 Å². The van der Waals surface area contributed by atoms with Crippen LogP contribution in [0.15, 0.2) is 60.8 Å². The van der Waals surface area contributed by atoms with E-state index in [0.717, 1.165) is 21.8 Å². The summed E-state index contributed by atoms with van der Waals surface area (Å²) >= 11 is 6.77. The number of benzene rings is 2. The van der Waals surface area contributed by atoms with Crippen LogP contribution in [0.5, 0.6) is 0 Å². The summed E-state index contributed by atoms with van der Waals surface area (Å²) in [5.74, 6) is 0. The maximum absolute atomic E-state index is 14.0. The van der Waals surface area contributed by atoms with Gasteiger partial charge in [0, 0.05) is 30.0 Å². The van der Waals surface area contributed by atoms with Gasteiger partial charge in [-0.15, -0.1) is 5.53 Å². The third-order valence-corrected chi connectivity index (χ3v) is 8.34. The van der Waals surface area contributed by atoms with Crippen molar-refractivity contribution in [2.75, 3.05) is 17.2 Å². The van der Waals surface area contributed by atoms with Crippen LogP contribution in [-0.4, -0.2) is 43.2 Å². The van der Waals surface area contributed by atoms with Crippen LogP contribution in [0.25, 0.3) is 16.6 Å². The number of anilines is 2. The molecule has 3 heterocycles. The molecule has 4 N–H and O–H groups in total. The first-order chi connectivity index (χ1) is 21.3. The van der Waals surface area contributed by atoms with Crippen LogP contribution < -0.4 is 21.6 Å². The van der Waals surface area contributed by atoms with E-state index in [2.05, 4.69) is 63.6 Å². The van der Waals surface area contributed by atoms with E-state index in [4.69, 9.17) is 11.6 Å². The molecule has 0 spiro atoms. The molecular formula is C31H32ClF3N10. The zero-order valence-corrected chi connectivity index (χ0v) is 25.8. The largest absolute Gasteiger partial charge is 0.413 e. The lowest BCUT2D eigenvalue weighted by Crippen LogP contribution is -2.52. The number of rotatable bonds is 8. The summed E-state index contributed by atoms with van der Waals surface area (Å²) in [6.07, 6.45) is 1.67. The number of nitriles is 1. The molecule has 2 aromatic carbocycles. The van der Waals surface area contributed by atoms with Gasteiger partial charge in [0.1, 0.15) is 6.07 Å². The van der Waals surface area contributed by atoms with Crippen molar-refractivity contribution in [1.82, 2.24) is 35.9 Å². The normalized spacial score (nSPS) is 16.6. The van der Waals surface area contributed by atoms with E-state index in [1.54, 1.807) is 18.5 Å². The summed E-state index contributed by atoms with van der Waals surface area (Å²) in [6.45, 7) is 8.75. The predicted octanol–water partition coefficient (Wildman–Crippen LogP) is 6.52. The number of aromatic nitrogens is 4. The van der Waals surface area contributed by atoms with Gasteiger partial charge in [-0.3, -0.25) is 9.99 Å². The van der Waals surface area contributed by atoms with Gasteiger partial charge in [0.2, 0.25) is 0 Å². The number of hydrogen-bond donors (Lipinski definition) is 4. The number of hydrogen-bond acceptors (Lipinski definition) is 9. The number of fused-ring (bicyclic) bond motifs is 1. The minimum atomic E-state index is -4.41. The van der Waals surface area contributed by atoms with Crippen molar-refractivity contribution in [1.29, 1.82) is 5.26 Å². The summed E-state index contributed by atoms with van der Waals surface area (Å²) < 4.78 is 42.1. The average Bonchev–Trinajstić information content (AvgIpc) is 3.38. The van der Waals surface area contributed by atoms with E-state index >= 15 is 0 Å². The Hall–Kier alpha value is -4.54. The summed E-state index contributed by atoms with van der Waals surface area (Å²) in [7, 11) is 0. The lowest BCUT2D eigenvalue weighted by molar-refractivity contribution is -0.195. The molecular weight excluding hydrogens is 605 g/mol. The Labute approximate surface area is 263 Å². The maximum Gasteiger partial charge on any atom is 0.413 e. The Bertz CT molecular complexity index is 1820. The zero-order chi connectivity index (χ0) is 32.1. The molecule has 14 heteroatoms. The fraction of sp³-hybridized carbons (Fsp3) is 0.355. The van der Waals surface area contributed by atoms with Crippen LogP contribution in [-0.2, 0) is 0 Å². The summed E-state index contributed by atoms with van der Waals surface area (Å²) in [5, 5.41) is 27.4. The van der Waals surface area contributed by atoms with Crippen molar-refractivity contribution >= 4 is 33.9 Å². The fourth-order valence-corrected chi connectivity index (χ4v) is 5.72. The van der Waals surface area contributed by atoms with Crippen molar-refractivity contribution in [3.8, 4) is 11.8 Å². The van der Waals surface area contributed by atoms with Crippen LogP contribution in [0, 0.1) is 23.7 Å². The predicted molar refractivity (Wildman–Crippen MR) is 166 cm³/mol. The monoisotopic (exact) mass is 636 g/mol. The molecule has 0 amide bonds. The molecule has 0 radical (unpaired) electrons. The van der Waals surface area contributed by atoms with Gasteiger partial charge in [-0.25, -0.2) is 0 Å². The molecule has 1 saturated carbocycles. The first-order valence-electron chi connectivity index (χ1n) is 14.4. The van der Waals surface area contributed by atoms with Gasteiger partial charge in [0.05, 0.1) is 51.6 Å². The van der Waals surface area contributed by atoms with E-state index in [0.29, 0.717) is 45.1 Å². The van der Waals surface area contributed by atoms with Gasteiger partial charge < -0.3 is 16.1 Å². The molecule has 1 aliphatic carbocycles. The van der Waals surface area contributed by atoms with Crippen molar-refractivity contribution in [2.45, 2.75) is 58.3 Å². The van der Waals surface area contributed by atoms with Gasteiger partial charge in [-0.2, -0.15) is 33.4 Å². The summed E-state index contributed by atoms with van der Waals surface area (Å²) in [6, 6.07) is 10.7. The SMILES string of the molecule is Cc1c([C@H](Nc2cc(Cl)c3ncc(C#N)c(NCC(C)(C)C)c3c2)C2=CN(C3(C(F)(F)F)CC3)NN2)cccc1-n1nccn1. The standard InChI is InChI=1S/C31H32ClF3N10/c1-18-21(6-5-7-25(18)45-39-10-11-40-45)28(24-16-44(43-42-24)30(8-9-30)31(33,34)35)41-20-12-22-26(38-17-29(2,3)4)19(14-36)15-37-27(22)23(32)13-20/h5-7,10-13,15-16,28,41-43H,8-9,17H2,1-4H3,(H,37,38)/t28-/m0/s1. The first-order valence-corrected chi connectivity index (χ1v) is 14.8. The Morgan fingerprint density at radius 3 is 2.53 bits per heavy atom. The highest BCUT2D eigenvalue weighted by atomic mass is 35.5. The third-order valence-electron chi connectivity index (χ3n) is 8.06. The molecule has 1 aliphatic heterocycles. The Morgan fingerprint density at radius 1 is 1.16 bits per heavy atom. The van der Waals surface area contributed by atoms with Crippen molar-refractivity contribution < 1.29 is 13.2 Å². The molecule has 0 unspecified atom stereocenters. The molecule has 45 heavy (non-hydrogen) atoms. The van der Waals surface area contributed by atoms with Gasteiger partial charge in [-0.1, -0.05) is 44.5 Å². The van der Waals surface area contributed by atoms with Crippen LogP contribution >= 0.6 is 11.6 Å². The lowest BCUT2D eigenvalue weighted by atomic mass is 9.96.